The van der Waals surface area contributed by atoms with E-state index in [2.05, 4.69) is 28.7 Å². The molecule has 0 saturated carbocycles. The number of aryl methyl sites for hydroxylation is 1. The second-order valence-electron chi connectivity index (χ2n) is 7.36. The van der Waals surface area contributed by atoms with Crippen molar-refractivity contribution in [3.05, 3.63) is 62.2 Å². The number of halogens is 1. The maximum atomic E-state index is 12.9. The van der Waals surface area contributed by atoms with Crippen molar-refractivity contribution in [1.29, 1.82) is 0 Å². The van der Waals surface area contributed by atoms with Crippen LogP contribution in [0.15, 0.2) is 36.4 Å². The number of nitrogens with zero attached hydrogens (tertiary/aromatic N) is 1. The molecule has 2 N–H and O–H groups in total. The largest absolute Gasteiger partial charge is 0.492 e. The number of amides is 1. The summed E-state index contributed by atoms with van der Waals surface area (Å²) in [5.74, 6) is 1.12. The predicted molar refractivity (Wildman–Crippen MR) is 111 cm³/mol. The van der Waals surface area contributed by atoms with E-state index in [9.17, 15) is 4.79 Å². The minimum absolute atomic E-state index is 0.0271. The average molecular weight is 462 g/mol. The molecule has 4 nitrogen and oxygen atoms in total. The lowest BCUT2D eigenvalue weighted by atomic mass is 9.74. The molecule has 2 aromatic carbocycles. The average Bonchev–Trinajstić information content (AvgIpc) is 3.01. The van der Waals surface area contributed by atoms with Gasteiger partial charge in [0.1, 0.15) is 5.75 Å². The van der Waals surface area contributed by atoms with Gasteiger partial charge in [0.15, 0.2) is 0 Å². The highest BCUT2D eigenvalue weighted by Crippen LogP contribution is 2.46. The van der Waals surface area contributed by atoms with E-state index in [0.29, 0.717) is 13.2 Å². The Morgan fingerprint density at radius 2 is 2.00 bits per heavy atom. The zero-order chi connectivity index (χ0) is 18.3. The Morgan fingerprint density at radius 1 is 1.23 bits per heavy atom. The van der Waals surface area contributed by atoms with E-state index in [1.165, 1.54) is 9.13 Å². The number of rotatable bonds is 2. The van der Waals surface area contributed by atoms with Gasteiger partial charge in [-0.1, -0.05) is 12.1 Å². The molecule has 0 atom stereocenters. The van der Waals surface area contributed by atoms with E-state index in [0.717, 1.165) is 48.4 Å². The summed E-state index contributed by atoms with van der Waals surface area (Å²) in [6, 6.07) is 12.2. The first kappa shape index (κ1) is 17.8. The van der Waals surface area contributed by atoms with Gasteiger partial charge >= 0.3 is 0 Å². The van der Waals surface area contributed by atoms with Gasteiger partial charge in [-0.05, 0) is 77.7 Å². The van der Waals surface area contributed by atoms with Gasteiger partial charge in [0, 0.05) is 39.7 Å². The Morgan fingerprint density at radius 3 is 2.69 bits per heavy atom. The normalized spacial score (nSPS) is 17.9. The van der Waals surface area contributed by atoms with Gasteiger partial charge in [-0.3, -0.25) is 4.79 Å². The molecule has 0 unspecified atom stereocenters. The third kappa shape index (κ3) is 3.01. The van der Waals surface area contributed by atoms with Crippen LogP contribution in [-0.4, -0.2) is 30.5 Å². The van der Waals surface area contributed by atoms with Gasteiger partial charge < -0.3 is 15.4 Å². The molecule has 1 fully saturated rings. The molecule has 2 aliphatic heterocycles. The lowest BCUT2D eigenvalue weighted by Crippen LogP contribution is -2.46. The fourth-order valence-electron chi connectivity index (χ4n) is 4.05. The SMILES string of the molecule is Cc1cc(C(=O)N2CCC3(CC2)COc2ccc(CN)cc23)ccc1I. The predicted octanol–water partition coefficient (Wildman–Crippen LogP) is 3.62. The maximum absolute atomic E-state index is 12.9. The molecule has 0 aromatic heterocycles. The highest BCUT2D eigenvalue weighted by Gasteiger charge is 2.43. The highest BCUT2D eigenvalue weighted by molar-refractivity contribution is 14.1. The first-order valence-corrected chi connectivity index (χ1v) is 10.1. The van der Waals surface area contributed by atoms with Crippen LogP contribution >= 0.6 is 22.6 Å². The highest BCUT2D eigenvalue weighted by atomic mass is 127. The second kappa shape index (κ2) is 6.85. The van der Waals surface area contributed by atoms with Crippen LogP contribution in [0.3, 0.4) is 0 Å². The van der Waals surface area contributed by atoms with E-state index in [1.54, 1.807) is 0 Å². The van der Waals surface area contributed by atoms with E-state index < -0.39 is 0 Å². The second-order valence-corrected chi connectivity index (χ2v) is 8.52. The van der Waals surface area contributed by atoms with Crippen LogP contribution in [0.25, 0.3) is 0 Å². The molecule has 5 heteroatoms. The zero-order valence-electron chi connectivity index (χ0n) is 14.9. The molecule has 2 aromatic rings. The van der Waals surface area contributed by atoms with Gasteiger partial charge in [0.2, 0.25) is 0 Å². The fraction of sp³-hybridized carbons (Fsp3) is 0.381. The van der Waals surface area contributed by atoms with E-state index >= 15 is 0 Å². The van der Waals surface area contributed by atoms with Gasteiger partial charge in [-0.25, -0.2) is 0 Å². The summed E-state index contributed by atoms with van der Waals surface area (Å²) in [5, 5.41) is 0. The molecule has 1 saturated heterocycles. The van der Waals surface area contributed by atoms with E-state index in [1.807, 2.05) is 42.2 Å². The minimum atomic E-state index is 0.0271. The summed E-state index contributed by atoms with van der Waals surface area (Å²) in [5.41, 5.74) is 10.2. The van der Waals surface area contributed by atoms with Crippen LogP contribution in [0.4, 0.5) is 0 Å². The molecule has 26 heavy (non-hydrogen) atoms. The quantitative estimate of drug-likeness (QED) is 0.694. The minimum Gasteiger partial charge on any atom is -0.492 e. The van der Waals surface area contributed by atoms with E-state index in [4.69, 9.17) is 10.5 Å². The fourth-order valence-corrected chi connectivity index (χ4v) is 4.39. The van der Waals surface area contributed by atoms with Crippen molar-refractivity contribution in [2.45, 2.75) is 31.7 Å². The Hall–Kier alpha value is -1.60. The number of fused-ring (bicyclic) bond motifs is 2. The Bertz CT molecular complexity index is 857. The zero-order valence-corrected chi connectivity index (χ0v) is 17.1. The molecule has 136 valence electrons. The van der Waals surface area contributed by atoms with Crippen molar-refractivity contribution >= 4 is 28.5 Å². The molecule has 0 radical (unpaired) electrons. The summed E-state index contributed by atoms with van der Waals surface area (Å²) in [7, 11) is 0. The monoisotopic (exact) mass is 462 g/mol. The summed E-state index contributed by atoms with van der Waals surface area (Å²) < 4.78 is 7.14. The summed E-state index contributed by atoms with van der Waals surface area (Å²) in [6.45, 7) is 4.83. The Kier molecular flexibility index (Phi) is 4.69. The van der Waals surface area contributed by atoms with Crippen molar-refractivity contribution < 1.29 is 9.53 Å². The molecular formula is C21H23IN2O2. The third-order valence-electron chi connectivity index (χ3n) is 5.77. The lowest BCUT2D eigenvalue weighted by molar-refractivity contribution is 0.0646. The summed E-state index contributed by atoms with van der Waals surface area (Å²) in [4.78, 5) is 14.9. The maximum Gasteiger partial charge on any atom is 0.253 e. The Labute approximate surface area is 167 Å². The molecule has 0 aliphatic carbocycles. The topological polar surface area (TPSA) is 55.6 Å². The van der Waals surface area contributed by atoms with Crippen LogP contribution in [0, 0.1) is 10.5 Å². The van der Waals surface area contributed by atoms with Gasteiger partial charge in [-0.2, -0.15) is 0 Å². The first-order chi connectivity index (χ1) is 12.5. The molecule has 1 spiro atoms. The van der Waals surface area contributed by atoms with E-state index in [-0.39, 0.29) is 11.3 Å². The van der Waals surface area contributed by atoms with Crippen LogP contribution in [0.1, 0.15) is 39.9 Å². The number of likely N-dealkylation sites (tertiary alicyclic amines) is 1. The lowest BCUT2D eigenvalue weighted by Gasteiger charge is -2.38. The smallest absolute Gasteiger partial charge is 0.253 e. The number of carbonyl (C=O) groups excluding carboxylic acids is 1. The number of benzene rings is 2. The Balaban J connectivity index is 1.52. The van der Waals surface area contributed by atoms with Crippen LogP contribution in [0.2, 0.25) is 0 Å². The van der Waals surface area contributed by atoms with Crippen molar-refractivity contribution in [3.8, 4) is 5.75 Å². The number of nitrogens with two attached hydrogens (primary N) is 1. The molecule has 2 heterocycles. The summed E-state index contributed by atoms with van der Waals surface area (Å²) >= 11 is 2.30. The van der Waals surface area contributed by atoms with Crippen LogP contribution in [0.5, 0.6) is 5.75 Å². The standard InChI is InChI=1S/C21H23IN2O2/c1-14-10-16(3-4-18(14)22)20(25)24-8-6-21(7-9-24)13-26-19-5-2-15(12-23)11-17(19)21/h2-5,10-11H,6-9,12-13,23H2,1H3. The first-order valence-electron chi connectivity index (χ1n) is 9.04. The van der Waals surface area contributed by atoms with Crippen molar-refractivity contribution in [2.75, 3.05) is 19.7 Å². The molecule has 4 rings (SSSR count). The van der Waals surface area contributed by atoms with Gasteiger partial charge in [0.25, 0.3) is 5.91 Å². The molecular weight excluding hydrogens is 439 g/mol. The molecule has 2 aliphatic rings. The number of carbonyl (C=O) groups is 1. The molecule has 1 amide bonds. The molecule has 0 bridgehead atoms. The van der Waals surface area contributed by atoms with Crippen LogP contribution < -0.4 is 10.5 Å². The number of hydrogen-bond acceptors (Lipinski definition) is 3. The van der Waals surface area contributed by atoms with Crippen molar-refractivity contribution in [2.24, 2.45) is 5.73 Å². The number of ether oxygens (including phenoxy) is 1. The number of piperidine rings is 1. The summed E-state index contributed by atoms with van der Waals surface area (Å²) in [6.07, 6.45) is 1.87. The van der Waals surface area contributed by atoms with Gasteiger partial charge in [-0.15, -0.1) is 0 Å². The van der Waals surface area contributed by atoms with Crippen LogP contribution in [-0.2, 0) is 12.0 Å². The van der Waals surface area contributed by atoms with Crippen molar-refractivity contribution in [1.82, 2.24) is 4.90 Å². The van der Waals surface area contributed by atoms with Gasteiger partial charge in [0.05, 0.1) is 6.61 Å². The van der Waals surface area contributed by atoms with Crippen molar-refractivity contribution in [3.63, 3.8) is 0 Å². The number of hydrogen-bond donors (Lipinski definition) is 1. The third-order valence-corrected chi connectivity index (χ3v) is 6.98.